The Morgan fingerprint density at radius 3 is 2.31 bits per heavy atom. The Morgan fingerprint density at radius 2 is 1.64 bits per heavy atom. The van der Waals surface area contributed by atoms with Gasteiger partial charge in [0, 0.05) is 34.4 Å². The average Bonchev–Trinajstić information content (AvgIpc) is 2.84. The van der Waals surface area contributed by atoms with Crippen molar-refractivity contribution < 1.29 is 37.0 Å². The lowest BCUT2D eigenvalue weighted by atomic mass is 9.88. The molecule has 0 saturated carbocycles. The number of likely N-dealkylation sites (tertiary alicyclic amines) is 1. The molecule has 1 heterocycles. The van der Waals surface area contributed by atoms with Crippen LogP contribution in [0.2, 0.25) is 0 Å². The number of Topliss-reactive ketones (excluding diaryl/α,β-unsaturated/α-hetero) is 1. The second-order valence-electron chi connectivity index (χ2n) is 8.24. The monoisotopic (exact) mass is 519 g/mol. The zero-order valence-electron chi connectivity index (χ0n) is 18.8. The SMILES string of the molecule is O=C(c1ccc(Sc2cccc(OC(F)(F)F)c2)cc1)C1CCN(C(=O)c2cc(O)ccc2F)CC1. The quantitative estimate of drug-likeness (QED) is 0.305. The Hall–Kier alpha value is -3.53. The number of benzene rings is 3. The number of amides is 1. The fourth-order valence-corrected chi connectivity index (χ4v) is 4.85. The standard InChI is InChI=1S/C26H21F4NO4S/c27-23-9-6-18(32)14-22(23)25(34)31-12-10-17(11-13-31)24(33)16-4-7-20(8-5-16)36-21-3-1-2-19(15-21)35-26(28,29)30/h1-9,14-15,17,32H,10-13H2. The van der Waals surface area contributed by atoms with E-state index in [1.165, 1.54) is 40.9 Å². The normalized spacial score (nSPS) is 14.5. The highest BCUT2D eigenvalue weighted by Gasteiger charge is 2.31. The van der Waals surface area contributed by atoms with E-state index >= 15 is 0 Å². The molecule has 1 fully saturated rings. The molecule has 188 valence electrons. The Morgan fingerprint density at radius 1 is 0.944 bits per heavy atom. The van der Waals surface area contributed by atoms with Gasteiger partial charge in [-0.3, -0.25) is 9.59 Å². The summed E-state index contributed by atoms with van der Waals surface area (Å²) in [6, 6.07) is 15.7. The molecule has 3 aromatic rings. The Bertz CT molecular complexity index is 1260. The number of hydrogen-bond donors (Lipinski definition) is 1. The van der Waals surface area contributed by atoms with E-state index in [1.54, 1.807) is 30.3 Å². The van der Waals surface area contributed by atoms with Crippen LogP contribution in [0, 0.1) is 11.7 Å². The molecule has 1 amide bonds. The van der Waals surface area contributed by atoms with Gasteiger partial charge in [-0.05, 0) is 61.4 Å². The smallest absolute Gasteiger partial charge is 0.508 e. The van der Waals surface area contributed by atoms with Crippen molar-refractivity contribution in [1.29, 1.82) is 0 Å². The number of rotatable bonds is 6. The number of piperidine rings is 1. The van der Waals surface area contributed by atoms with Gasteiger partial charge in [-0.1, -0.05) is 30.0 Å². The second-order valence-corrected chi connectivity index (χ2v) is 9.39. The van der Waals surface area contributed by atoms with E-state index in [2.05, 4.69) is 4.74 Å². The van der Waals surface area contributed by atoms with Crippen LogP contribution in [0.5, 0.6) is 11.5 Å². The molecule has 1 aliphatic rings. The molecule has 0 aromatic heterocycles. The number of alkyl halides is 3. The minimum atomic E-state index is -4.77. The number of halogens is 4. The van der Waals surface area contributed by atoms with Gasteiger partial charge in [-0.25, -0.2) is 4.39 Å². The molecule has 36 heavy (non-hydrogen) atoms. The maximum Gasteiger partial charge on any atom is 0.573 e. The van der Waals surface area contributed by atoms with Crippen molar-refractivity contribution in [2.24, 2.45) is 5.92 Å². The van der Waals surface area contributed by atoms with Gasteiger partial charge in [-0.15, -0.1) is 13.2 Å². The van der Waals surface area contributed by atoms with Crippen LogP contribution in [0.3, 0.4) is 0 Å². The predicted octanol–water partition coefficient (Wildman–Crippen LogP) is 6.32. The molecule has 1 saturated heterocycles. The summed E-state index contributed by atoms with van der Waals surface area (Å²) in [6.45, 7) is 0.573. The fourth-order valence-electron chi connectivity index (χ4n) is 3.99. The van der Waals surface area contributed by atoms with E-state index < -0.39 is 18.1 Å². The minimum absolute atomic E-state index is 0.0669. The number of carbonyl (C=O) groups excluding carboxylic acids is 2. The summed E-state index contributed by atoms with van der Waals surface area (Å²) in [5, 5.41) is 9.55. The Kier molecular flexibility index (Phi) is 7.53. The minimum Gasteiger partial charge on any atom is -0.508 e. The highest BCUT2D eigenvalue weighted by molar-refractivity contribution is 7.99. The molecule has 4 rings (SSSR count). The molecule has 0 unspecified atom stereocenters. The molecule has 0 bridgehead atoms. The molecule has 0 atom stereocenters. The highest BCUT2D eigenvalue weighted by Crippen LogP contribution is 2.33. The predicted molar refractivity (Wildman–Crippen MR) is 125 cm³/mol. The van der Waals surface area contributed by atoms with E-state index in [-0.39, 0.29) is 41.9 Å². The van der Waals surface area contributed by atoms with Gasteiger partial charge in [0.2, 0.25) is 0 Å². The van der Waals surface area contributed by atoms with Crippen LogP contribution >= 0.6 is 11.8 Å². The lowest BCUT2D eigenvalue weighted by Crippen LogP contribution is -2.40. The van der Waals surface area contributed by atoms with Gasteiger partial charge in [-0.2, -0.15) is 0 Å². The van der Waals surface area contributed by atoms with E-state index in [0.717, 1.165) is 17.0 Å². The van der Waals surface area contributed by atoms with Crippen molar-refractivity contribution in [2.75, 3.05) is 13.1 Å². The van der Waals surface area contributed by atoms with Crippen LogP contribution in [-0.4, -0.2) is 41.1 Å². The molecule has 1 N–H and O–H groups in total. The van der Waals surface area contributed by atoms with Crippen LogP contribution in [0.1, 0.15) is 33.6 Å². The fraction of sp³-hybridized carbons (Fsp3) is 0.231. The third-order valence-electron chi connectivity index (χ3n) is 5.75. The van der Waals surface area contributed by atoms with Crippen molar-refractivity contribution in [2.45, 2.75) is 29.0 Å². The summed E-state index contributed by atoms with van der Waals surface area (Å²) >= 11 is 1.24. The third-order valence-corrected chi connectivity index (χ3v) is 6.74. The molecule has 5 nitrogen and oxygen atoms in total. The van der Waals surface area contributed by atoms with Crippen LogP contribution in [0.15, 0.2) is 76.5 Å². The first-order chi connectivity index (χ1) is 17.1. The summed E-state index contributed by atoms with van der Waals surface area (Å²) in [6.07, 6.45) is -3.92. The number of ether oxygens (including phenoxy) is 1. The molecule has 1 aliphatic heterocycles. The maximum absolute atomic E-state index is 14.0. The van der Waals surface area contributed by atoms with Gasteiger partial charge < -0.3 is 14.7 Å². The van der Waals surface area contributed by atoms with E-state index in [4.69, 9.17) is 0 Å². The van der Waals surface area contributed by atoms with Crippen molar-refractivity contribution in [3.63, 3.8) is 0 Å². The Balaban J connectivity index is 1.34. The number of phenolic OH excluding ortho intramolecular Hbond substituents is 1. The van der Waals surface area contributed by atoms with Crippen LogP contribution in [0.4, 0.5) is 17.6 Å². The van der Waals surface area contributed by atoms with Crippen molar-refractivity contribution in [3.05, 3.63) is 83.7 Å². The lowest BCUT2D eigenvalue weighted by molar-refractivity contribution is -0.274. The summed E-state index contributed by atoms with van der Waals surface area (Å²) in [5.41, 5.74) is 0.292. The van der Waals surface area contributed by atoms with E-state index in [9.17, 15) is 32.3 Å². The summed E-state index contributed by atoms with van der Waals surface area (Å²) in [7, 11) is 0. The van der Waals surface area contributed by atoms with Crippen molar-refractivity contribution in [3.8, 4) is 11.5 Å². The molecular formula is C26H21F4NO4S. The molecule has 0 radical (unpaired) electrons. The van der Waals surface area contributed by atoms with Gasteiger partial charge >= 0.3 is 6.36 Å². The number of aromatic hydroxyl groups is 1. The largest absolute Gasteiger partial charge is 0.573 e. The first-order valence-electron chi connectivity index (χ1n) is 11.0. The molecular weight excluding hydrogens is 498 g/mol. The van der Waals surface area contributed by atoms with Gasteiger partial charge in [0.1, 0.15) is 17.3 Å². The van der Waals surface area contributed by atoms with E-state index in [0.29, 0.717) is 23.3 Å². The first kappa shape index (κ1) is 25.6. The second kappa shape index (κ2) is 10.6. The van der Waals surface area contributed by atoms with Gasteiger partial charge in [0.15, 0.2) is 5.78 Å². The number of ketones is 1. The van der Waals surface area contributed by atoms with Gasteiger partial charge in [0.25, 0.3) is 5.91 Å². The first-order valence-corrected chi connectivity index (χ1v) is 11.9. The zero-order valence-corrected chi connectivity index (χ0v) is 19.6. The zero-order chi connectivity index (χ0) is 25.9. The van der Waals surface area contributed by atoms with Crippen LogP contribution < -0.4 is 4.74 Å². The number of nitrogens with zero attached hydrogens (tertiary/aromatic N) is 1. The van der Waals surface area contributed by atoms with Crippen molar-refractivity contribution in [1.82, 2.24) is 4.90 Å². The topological polar surface area (TPSA) is 66.8 Å². The maximum atomic E-state index is 14.0. The van der Waals surface area contributed by atoms with Gasteiger partial charge in [0.05, 0.1) is 5.56 Å². The third kappa shape index (κ3) is 6.37. The van der Waals surface area contributed by atoms with E-state index in [1.807, 2.05) is 0 Å². The van der Waals surface area contributed by atoms with Crippen molar-refractivity contribution >= 4 is 23.5 Å². The molecule has 10 heteroatoms. The molecule has 0 spiro atoms. The molecule has 0 aliphatic carbocycles. The average molecular weight is 520 g/mol. The number of hydrogen-bond acceptors (Lipinski definition) is 5. The molecule has 3 aromatic carbocycles. The highest BCUT2D eigenvalue weighted by atomic mass is 32.2. The van der Waals surface area contributed by atoms with Crippen LogP contribution in [-0.2, 0) is 0 Å². The number of carbonyl (C=O) groups is 2. The summed E-state index contributed by atoms with van der Waals surface area (Å²) in [5.74, 6) is -2.11. The summed E-state index contributed by atoms with van der Waals surface area (Å²) in [4.78, 5) is 28.3. The lowest BCUT2D eigenvalue weighted by Gasteiger charge is -2.31. The number of phenols is 1. The van der Waals surface area contributed by atoms with Crippen LogP contribution in [0.25, 0.3) is 0 Å². The summed E-state index contributed by atoms with van der Waals surface area (Å²) < 4.78 is 55.2. The Labute approximate surface area is 208 Å².